The van der Waals surface area contributed by atoms with Crippen molar-refractivity contribution in [2.75, 3.05) is 24.5 Å². The fraction of sp³-hybridized carbons (Fsp3) is 0.632. The standard InChI is InChI=1S/C19H29N3O3/c1-4-6-13-21(15(3)5-2)19(23)16-9-10-17(18(14-16)22(24)25)20-11-7-8-12-20/h9-10,14-15H,4-8,11-13H2,1-3H3. The molecular weight excluding hydrogens is 318 g/mol. The monoisotopic (exact) mass is 347 g/mol. The number of benzene rings is 1. The summed E-state index contributed by atoms with van der Waals surface area (Å²) in [6, 6.07) is 5.06. The van der Waals surface area contributed by atoms with Crippen molar-refractivity contribution in [2.24, 2.45) is 0 Å². The Morgan fingerprint density at radius 1 is 1.32 bits per heavy atom. The van der Waals surface area contributed by atoms with Crippen LogP contribution < -0.4 is 4.90 Å². The highest BCUT2D eigenvalue weighted by Crippen LogP contribution is 2.32. The first-order chi connectivity index (χ1) is 12.0. The Labute approximate surface area is 150 Å². The summed E-state index contributed by atoms with van der Waals surface area (Å²) >= 11 is 0. The van der Waals surface area contributed by atoms with Gasteiger partial charge in [0.2, 0.25) is 0 Å². The lowest BCUT2D eigenvalue weighted by Gasteiger charge is -2.29. The molecule has 6 nitrogen and oxygen atoms in total. The summed E-state index contributed by atoms with van der Waals surface area (Å²) in [6.07, 6.45) is 4.91. The van der Waals surface area contributed by atoms with E-state index >= 15 is 0 Å². The van der Waals surface area contributed by atoms with Crippen molar-refractivity contribution in [1.29, 1.82) is 0 Å². The number of anilines is 1. The first-order valence-electron chi connectivity index (χ1n) is 9.33. The highest BCUT2D eigenvalue weighted by atomic mass is 16.6. The van der Waals surface area contributed by atoms with E-state index in [1.165, 1.54) is 6.07 Å². The Kier molecular flexibility index (Phi) is 6.79. The number of amides is 1. The first-order valence-corrected chi connectivity index (χ1v) is 9.33. The predicted octanol–water partition coefficient (Wildman–Crippen LogP) is 4.24. The van der Waals surface area contributed by atoms with Crippen LogP contribution in [0.1, 0.15) is 63.2 Å². The molecule has 1 aromatic rings. The molecule has 0 N–H and O–H groups in total. The quantitative estimate of drug-likeness (QED) is 0.521. The molecule has 2 rings (SSSR count). The molecule has 1 unspecified atom stereocenters. The molecule has 1 aliphatic rings. The zero-order valence-electron chi connectivity index (χ0n) is 15.5. The highest BCUT2D eigenvalue weighted by molar-refractivity contribution is 5.96. The summed E-state index contributed by atoms with van der Waals surface area (Å²) in [5.74, 6) is -0.112. The smallest absolute Gasteiger partial charge is 0.293 e. The van der Waals surface area contributed by atoms with Gasteiger partial charge in [-0.25, -0.2) is 0 Å². The molecule has 0 spiro atoms. The number of hydrogen-bond acceptors (Lipinski definition) is 4. The van der Waals surface area contributed by atoms with Crippen molar-refractivity contribution in [3.63, 3.8) is 0 Å². The summed E-state index contributed by atoms with van der Waals surface area (Å²) in [7, 11) is 0. The van der Waals surface area contributed by atoms with Crippen molar-refractivity contribution >= 4 is 17.3 Å². The molecule has 1 aliphatic heterocycles. The van der Waals surface area contributed by atoms with Gasteiger partial charge in [0.25, 0.3) is 11.6 Å². The van der Waals surface area contributed by atoms with Crippen molar-refractivity contribution in [2.45, 2.75) is 58.9 Å². The molecule has 25 heavy (non-hydrogen) atoms. The number of nitro benzene ring substituents is 1. The van der Waals surface area contributed by atoms with Crippen molar-refractivity contribution in [1.82, 2.24) is 4.90 Å². The van der Waals surface area contributed by atoms with Gasteiger partial charge in [-0.15, -0.1) is 0 Å². The van der Waals surface area contributed by atoms with Crippen LogP contribution in [-0.4, -0.2) is 41.4 Å². The van der Waals surface area contributed by atoms with Gasteiger partial charge in [0.15, 0.2) is 0 Å². The van der Waals surface area contributed by atoms with Gasteiger partial charge < -0.3 is 9.80 Å². The second-order valence-corrected chi connectivity index (χ2v) is 6.76. The molecule has 0 aromatic heterocycles. The van der Waals surface area contributed by atoms with E-state index in [1.807, 2.05) is 16.7 Å². The largest absolute Gasteiger partial charge is 0.366 e. The SMILES string of the molecule is CCCCN(C(=O)c1ccc(N2CCCC2)c([N+](=O)[O-])c1)C(C)CC. The second kappa shape index (κ2) is 8.83. The third kappa shape index (κ3) is 4.50. The zero-order valence-corrected chi connectivity index (χ0v) is 15.5. The Morgan fingerprint density at radius 2 is 2.00 bits per heavy atom. The minimum atomic E-state index is -0.371. The van der Waals surface area contributed by atoms with E-state index in [2.05, 4.69) is 13.8 Å². The van der Waals surface area contributed by atoms with Crippen LogP contribution in [0.15, 0.2) is 18.2 Å². The average Bonchev–Trinajstić information content (AvgIpc) is 3.15. The maximum absolute atomic E-state index is 12.9. The van der Waals surface area contributed by atoms with Gasteiger partial charge in [0, 0.05) is 37.3 Å². The van der Waals surface area contributed by atoms with E-state index in [4.69, 9.17) is 0 Å². The van der Waals surface area contributed by atoms with E-state index < -0.39 is 0 Å². The number of unbranched alkanes of at least 4 members (excludes halogenated alkanes) is 1. The Bertz CT molecular complexity index is 612. The summed E-state index contributed by atoms with van der Waals surface area (Å²) in [5, 5.41) is 11.5. The molecular formula is C19H29N3O3. The molecule has 1 aromatic carbocycles. The topological polar surface area (TPSA) is 66.7 Å². The summed E-state index contributed by atoms with van der Waals surface area (Å²) in [6.45, 7) is 8.53. The molecule has 0 radical (unpaired) electrons. The summed E-state index contributed by atoms with van der Waals surface area (Å²) < 4.78 is 0. The zero-order chi connectivity index (χ0) is 18.4. The molecule has 1 saturated heterocycles. The van der Waals surface area contributed by atoms with Crippen LogP contribution in [0.5, 0.6) is 0 Å². The lowest BCUT2D eigenvalue weighted by molar-refractivity contribution is -0.384. The molecule has 1 fully saturated rings. The fourth-order valence-corrected chi connectivity index (χ4v) is 3.26. The Balaban J connectivity index is 2.31. The Hall–Kier alpha value is -2.11. The molecule has 1 heterocycles. The first kappa shape index (κ1) is 19.2. The van der Waals surface area contributed by atoms with E-state index in [-0.39, 0.29) is 22.6 Å². The number of nitrogens with zero attached hydrogens (tertiary/aromatic N) is 3. The van der Waals surface area contributed by atoms with Gasteiger partial charge in [0.05, 0.1) is 4.92 Å². The normalized spacial score (nSPS) is 15.2. The Morgan fingerprint density at radius 3 is 2.56 bits per heavy atom. The number of carbonyl (C=O) groups is 1. The van der Waals surface area contributed by atoms with E-state index in [1.54, 1.807) is 12.1 Å². The van der Waals surface area contributed by atoms with Crippen LogP contribution >= 0.6 is 0 Å². The van der Waals surface area contributed by atoms with Gasteiger partial charge in [-0.3, -0.25) is 14.9 Å². The third-order valence-electron chi connectivity index (χ3n) is 5.00. The average molecular weight is 347 g/mol. The van der Waals surface area contributed by atoms with Crippen LogP contribution in [0.3, 0.4) is 0 Å². The molecule has 0 bridgehead atoms. The van der Waals surface area contributed by atoms with Crippen LogP contribution in [0.25, 0.3) is 0 Å². The molecule has 138 valence electrons. The van der Waals surface area contributed by atoms with Gasteiger partial charge >= 0.3 is 0 Å². The minimum Gasteiger partial charge on any atom is -0.366 e. The maximum atomic E-state index is 12.9. The van der Waals surface area contributed by atoms with Crippen LogP contribution in [0.4, 0.5) is 11.4 Å². The van der Waals surface area contributed by atoms with Crippen molar-refractivity contribution in [3.05, 3.63) is 33.9 Å². The minimum absolute atomic E-state index is 0.0346. The number of hydrogen-bond donors (Lipinski definition) is 0. The van der Waals surface area contributed by atoms with Crippen molar-refractivity contribution < 1.29 is 9.72 Å². The lowest BCUT2D eigenvalue weighted by Crippen LogP contribution is -2.39. The summed E-state index contributed by atoms with van der Waals surface area (Å²) in [5.41, 5.74) is 1.07. The molecule has 0 aliphatic carbocycles. The molecule has 1 amide bonds. The second-order valence-electron chi connectivity index (χ2n) is 6.76. The van der Waals surface area contributed by atoms with Gasteiger partial charge in [-0.1, -0.05) is 20.3 Å². The number of nitro groups is 1. The van der Waals surface area contributed by atoms with Crippen LogP contribution in [0.2, 0.25) is 0 Å². The van der Waals surface area contributed by atoms with Crippen molar-refractivity contribution in [3.8, 4) is 0 Å². The lowest BCUT2D eigenvalue weighted by atomic mass is 10.1. The van der Waals surface area contributed by atoms with E-state index in [9.17, 15) is 14.9 Å². The molecule has 0 saturated carbocycles. The highest BCUT2D eigenvalue weighted by Gasteiger charge is 2.26. The van der Waals surface area contributed by atoms with Gasteiger partial charge in [-0.05, 0) is 44.7 Å². The molecule has 1 atom stereocenters. The van der Waals surface area contributed by atoms with E-state index in [0.29, 0.717) is 17.8 Å². The third-order valence-corrected chi connectivity index (χ3v) is 5.00. The summed E-state index contributed by atoms with van der Waals surface area (Å²) in [4.78, 5) is 28.0. The number of carbonyl (C=O) groups excluding carboxylic acids is 1. The maximum Gasteiger partial charge on any atom is 0.293 e. The van der Waals surface area contributed by atoms with Crippen LogP contribution in [-0.2, 0) is 0 Å². The molecule has 6 heteroatoms. The fourth-order valence-electron chi connectivity index (χ4n) is 3.26. The number of rotatable bonds is 8. The predicted molar refractivity (Wildman–Crippen MR) is 100 cm³/mol. The van der Waals surface area contributed by atoms with Crippen LogP contribution in [0, 0.1) is 10.1 Å². The van der Waals surface area contributed by atoms with Gasteiger partial charge in [-0.2, -0.15) is 0 Å². The van der Waals surface area contributed by atoms with E-state index in [0.717, 1.165) is 45.2 Å². The van der Waals surface area contributed by atoms with Gasteiger partial charge in [0.1, 0.15) is 5.69 Å².